The zero-order valence-electron chi connectivity index (χ0n) is 22.5. The molecule has 0 radical (unpaired) electrons. The van der Waals surface area contributed by atoms with Gasteiger partial charge in [-0.2, -0.15) is 4.98 Å². The molecule has 0 atom stereocenters. The number of aromatic nitrogens is 5. The summed E-state index contributed by atoms with van der Waals surface area (Å²) in [6.07, 6.45) is 1.13. The van der Waals surface area contributed by atoms with E-state index in [0.29, 0.717) is 21.3 Å². The summed E-state index contributed by atoms with van der Waals surface area (Å²) in [6.45, 7) is 3.76. The van der Waals surface area contributed by atoms with E-state index in [-0.39, 0.29) is 17.0 Å². The van der Waals surface area contributed by atoms with Gasteiger partial charge >= 0.3 is 0 Å². The van der Waals surface area contributed by atoms with Crippen molar-refractivity contribution in [3.05, 3.63) is 94.2 Å². The fourth-order valence-electron chi connectivity index (χ4n) is 5.28. The molecule has 0 aliphatic carbocycles. The Balaban J connectivity index is 1.38. The third-order valence-electron chi connectivity index (χ3n) is 7.56. The van der Waals surface area contributed by atoms with Crippen molar-refractivity contribution >= 4 is 45.2 Å². The van der Waals surface area contributed by atoms with Gasteiger partial charge in [-0.05, 0) is 43.4 Å². The van der Waals surface area contributed by atoms with Crippen LogP contribution in [0.15, 0.2) is 59.5 Å². The predicted octanol–water partition coefficient (Wildman–Crippen LogP) is 4.77. The molecule has 6 aromatic rings. The van der Waals surface area contributed by atoms with E-state index in [1.54, 1.807) is 24.3 Å². The Labute approximate surface area is 239 Å². The Morgan fingerprint density at radius 2 is 1.44 bits per heavy atom. The Morgan fingerprint density at radius 3 is 2.14 bits per heavy atom. The molecule has 0 bridgehead atoms. The quantitative estimate of drug-likeness (QED) is 0.179. The molecule has 1 fully saturated rings. The molecular formula is C29H21F5N8O. The number of anilines is 3. The van der Waals surface area contributed by atoms with Crippen LogP contribution in [0.1, 0.15) is 0 Å². The molecule has 1 aliphatic rings. The van der Waals surface area contributed by atoms with Crippen molar-refractivity contribution in [2.45, 2.75) is 0 Å². The second-order valence-corrected chi connectivity index (χ2v) is 10.2. The first-order valence-electron chi connectivity index (χ1n) is 13.2. The Kier molecular flexibility index (Phi) is 6.23. The van der Waals surface area contributed by atoms with Crippen LogP contribution in [0.3, 0.4) is 0 Å². The van der Waals surface area contributed by atoms with E-state index in [2.05, 4.69) is 37.1 Å². The van der Waals surface area contributed by atoms with Crippen LogP contribution in [-0.2, 0) is 0 Å². The molecular weight excluding hydrogens is 571 g/mol. The van der Waals surface area contributed by atoms with Crippen LogP contribution in [-0.4, -0.2) is 62.0 Å². The number of halogens is 5. The molecule has 9 nitrogen and oxygen atoms in total. The van der Waals surface area contributed by atoms with Crippen molar-refractivity contribution in [3.8, 4) is 5.69 Å². The van der Waals surface area contributed by atoms with Crippen molar-refractivity contribution in [2.24, 2.45) is 0 Å². The van der Waals surface area contributed by atoms with Crippen molar-refractivity contribution < 1.29 is 22.0 Å². The molecule has 218 valence electrons. The Morgan fingerprint density at radius 1 is 0.791 bits per heavy atom. The molecule has 3 aromatic carbocycles. The molecule has 14 heteroatoms. The fraction of sp³-hybridized carbons (Fsp3) is 0.172. The minimum Gasteiger partial charge on any atom is -0.369 e. The predicted molar refractivity (Wildman–Crippen MR) is 151 cm³/mol. The number of benzene rings is 3. The first-order valence-corrected chi connectivity index (χ1v) is 13.2. The third-order valence-corrected chi connectivity index (χ3v) is 7.56. The summed E-state index contributed by atoms with van der Waals surface area (Å²) in [5.41, 5.74) is -0.159. The van der Waals surface area contributed by atoms with E-state index in [4.69, 9.17) is 0 Å². The number of nitrogens with zero attached hydrogens (tertiary/aromatic N) is 7. The minimum absolute atomic E-state index is 0.0142. The maximum atomic E-state index is 15.0. The average molecular weight is 593 g/mol. The summed E-state index contributed by atoms with van der Waals surface area (Å²) < 4.78 is 73.8. The lowest BCUT2D eigenvalue weighted by molar-refractivity contribution is 0.313. The summed E-state index contributed by atoms with van der Waals surface area (Å²) in [5, 5.41) is 2.85. The van der Waals surface area contributed by atoms with Gasteiger partial charge in [-0.15, -0.1) is 0 Å². The number of likely N-dealkylation sites (N-methyl/N-ethyl adjacent to an activating group) is 1. The Bertz CT molecular complexity index is 2090. The topological polar surface area (TPSA) is 83.6 Å². The van der Waals surface area contributed by atoms with Gasteiger partial charge in [-0.25, -0.2) is 36.5 Å². The highest BCUT2D eigenvalue weighted by Crippen LogP contribution is 2.29. The van der Waals surface area contributed by atoms with Gasteiger partial charge in [0, 0.05) is 43.8 Å². The second-order valence-electron chi connectivity index (χ2n) is 10.2. The highest BCUT2D eigenvalue weighted by atomic mass is 19.2. The third kappa shape index (κ3) is 4.24. The average Bonchev–Trinajstić information content (AvgIpc) is 3.41. The van der Waals surface area contributed by atoms with E-state index >= 15 is 0 Å². The fourth-order valence-corrected chi connectivity index (χ4v) is 5.28. The molecule has 0 saturated carbocycles. The zero-order valence-corrected chi connectivity index (χ0v) is 22.5. The zero-order chi connectivity index (χ0) is 30.0. The van der Waals surface area contributed by atoms with Crippen molar-refractivity contribution in [3.63, 3.8) is 0 Å². The number of fused-ring (bicyclic) bond motifs is 5. The number of imidazole rings is 1. The van der Waals surface area contributed by atoms with Gasteiger partial charge in [0.15, 0.2) is 28.9 Å². The van der Waals surface area contributed by atoms with Gasteiger partial charge in [0.25, 0.3) is 5.56 Å². The maximum absolute atomic E-state index is 15.0. The lowest BCUT2D eigenvalue weighted by Gasteiger charge is -2.34. The van der Waals surface area contributed by atoms with Crippen LogP contribution in [0.5, 0.6) is 0 Å². The standard InChI is InChI=1S/C29H21F5N8O/c1-39-10-12-40(13-11-39)16-8-6-15(7-9-16)36-28-35-14-17-26(38-28)41-19-5-3-2-4-18(19)37-29(41)42(27(17)43)25-23(33)21(31)20(30)22(32)24(25)34/h2-9,14H,10-13H2,1H3,(H,35,36,38). The molecule has 1 saturated heterocycles. The molecule has 3 aromatic heterocycles. The van der Waals surface area contributed by atoms with Crippen LogP contribution in [0.2, 0.25) is 0 Å². The van der Waals surface area contributed by atoms with Crippen LogP contribution >= 0.6 is 0 Å². The van der Waals surface area contributed by atoms with E-state index < -0.39 is 46.1 Å². The highest BCUT2D eigenvalue weighted by molar-refractivity contribution is 5.88. The minimum atomic E-state index is -2.34. The molecule has 0 amide bonds. The van der Waals surface area contributed by atoms with Crippen molar-refractivity contribution in [1.29, 1.82) is 0 Å². The van der Waals surface area contributed by atoms with Gasteiger partial charge in [-0.3, -0.25) is 9.20 Å². The SMILES string of the molecule is CN1CCN(c2ccc(Nc3ncc4c(=O)n(-c5c(F)c(F)c(F)c(F)c5F)c5nc6ccccc6n5c4n3)cc2)CC1. The summed E-state index contributed by atoms with van der Waals surface area (Å²) in [5.74, 6) is -11.4. The van der Waals surface area contributed by atoms with Gasteiger partial charge in [0.2, 0.25) is 17.5 Å². The summed E-state index contributed by atoms with van der Waals surface area (Å²) in [6, 6.07) is 14.2. The normalized spacial score (nSPS) is 14.3. The van der Waals surface area contributed by atoms with E-state index in [1.807, 2.05) is 24.3 Å². The van der Waals surface area contributed by atoms with Crippen LogP contribution in [0.4, 0.5) is 39.3 Å². The van der Waals surface area contributed by atoms with Gasteiger partial charge in [0.05, 0.1) is 11.0 Å². The number of rotatable bonds is 4. The first-order chi connectivity index (χ1) is 20.7. The van der Waals surface area contributed by atoms with Crippen molar-refractivity contribution in [1.82, 2.24) is 28.8 Å². The molecule has 0 spiro atoms. The van der Waals surface area contributed by atoms with E-state index in [1.165, 1.54) is 4.40 Å². The smallest absolute Gasteiger partial charge is 0.270 e. The van der Waals surface area contributed by atoms with Gasteiger partial charge in [-0.1, -0.05) is 12.1 Å². The van der Waals surface area contributed by atoms with Crippen molar-refractivity contribution in [2.75, 3.05) is 43.4 Å². The van der Waals surface area contributed by atoms with Crippen LogP contribution < -0.4 is 15.8 Å². The van der Waals surface area contributed by atoms with E-state index in [0.717, 1.165) is 38.1 Å². The number of piperazine rings is 1. The van der Waals surface area contributed by atoms with E-state index in [9.17, 15) is 26.7 Å². The monoisotopic (exact) mass is 592 g/mol. The van der Waals surface area contributed by atoms with Gasteiger partial charge < -0.3 is 15.1 Å². The molecule has 4 heterocycles. The molecule has 0 unspecified atom stereocenters. The summed E-state index contributed by atoms with van der Waals surface area (Å²) in [7, 11) is 2.09. The molecule has 43 heavy (non-hydrogen) atoms. The van der Waals surface area contributed by atoms with Crippen LogP contribution in [0, 0.1) is 29.1 Å². The van der Waals surface area contributed by atoms with Crippen LogP contribution in [0.25, 0.3) is 33.5 Å². The maximum Gasteiger partial charge on any atom is 0.270 e. The first kappa shape index (κ1) is 26.8. The lowest BCUT2D eigenvalue weighted by atomic mass is 10.2. The van der Waals surface area contributed by atoms with Gasteiger partial charge in [0.1, 0.15) is 11.1 Å². The molecule has 1 N–H and O–H groups in total. The summed E-state index contributed by atoms with van der Waals surface area (Å²) >= 11 is 0. The largest absolute Gasteiger partial charge is 0.369 e. The number of para-hydroxylation sites is 2. The molecule has 7 rings (SSSR count). The Hall–Kier alpha value is -5.11. The summed E-state index contributed by atoms with van der Waals surface area (Å²) in [4.78, 5) is 31.2. The molecule has 1 aliphatic heterocycles. The lowest BCUT2D eigenvalue weighted by Crippen LogP contribution is -2.44. The second kappa shape index (κ2) is 10.0. The number of hydrogen-bond donors (Lipinski definition) is 1. The number of hydrogen-bond acceptors (Lipinski definition) is 7. The highest BCUT2D eigenvalue weighted by Gasteiger charge is 2.30. The number of nitrogens with one attached hydrogen (secondary N) is 1.